The zero-order valence-corrected chi connectivity index (χ0v) is 14.6. The van der Waals surface area contributed by atoms with Gasteiger partial charge in [0.25, 0.3) is 0 Å². The average molecular weight is 324 g/mol. The Labute approximate surface area is 137 Å². The number of rotatable bonds is 4. The third kappa shape index (κ3) is 3.78. The number of β-amino-alcohol motifs (C(OH)–C–C–N with tert-alkyl or cyclic N) is 1. The summed E-state index contributed by atoms with van der Waals surface area (Å²) in [7, 11) is 0. The molecule has 6 heteroatoms. The SMILES string of the molecule is CCc1nsc(N2CCN(CC3(O)CCC(C)CC3)CC2)n1. The van der Waals surface area contributed by atoms with Crippen LogP contribution in [0.1, 0.15) is 45.4 Å². The molecular formula is C16H28N4OS. The first-order valence-corrected chi connectivity index (χ1v) is 9.37. The van der Waals surface area contributed by atoms with Crippen LogP contribution in [0.15, 0.2) is 0 Å². The zero-order chi connectivity index (χ0) is 15.6. The van der Waals surface area contributed by atoms with Crippen molar-refractivity contribution in [1.82, 2.24) is 14.3 Å². The summed E-state index contributed by atoms with van der Waals surface area (Å²) < 4.78 is 4.38. The molecule has 1 N–H and O–H groups in total. The van der Waals surface area contributed by atoms with Gasteiger partial charge in [-0.25, -0.2) is 4.98 Å². The second-order valence-corrected chi connectivity index (χ2v) is 7.75. The third-order valence-electron chi connectivity index (χ3n) is 5.14. The van der Waals surface area contributed by atoms with Gasteiger partial charge in [-0.3, -0.25) is 4.90 Å². The number of anilines is 1. The highest BCUT2D eigenvalue weighted by Gasteiger charge is 2.34. The Hall–Kier alpha value is -0.720. The Bertz CT molecular complexity index is 476. The number of hydrogen-bond donors (Lipinski definition) is 1. The summed E-state index contributed by atoms with van der Waals surface area (Å²) in [6.45, 7) is 9.23. The van der Waals surface area contributed by atoms with E-state index in [1.807, 2.05) is 0 Å². The van der Waals surface area contributed by atoms with Crippen LogP contribution >= 0.6 is 11.5 Å². The van der Waals surface area contributed by atoms with Crippen molar-refractivity contribution in [3.63, 3.8) is 0 Å². The Morgan fingerprint density at radius 1 is 1.23 bits per heavy atom. The topological polar surface area (TPSA) is 52.5 Å². The van der Waals surface area contributed by atoms with Gasteiger partial charge in [0, 0.05) is 50.7 Å². The minimum absolute atomic E-state index is 0.452. The molecular weight excluding hydrogens is 296 g/mol. The number of aliphatic hydroxyl groups is 1. The molecule has 2 fully saturated rings. The molecule has 5 nitrogen and oxygen atoms in total. The van der Waals surface area contributed by atoms with Crippen molar-refractivity contribution < 1.29 is 5.11 Å². The van der Waals surface area contributed by atoms with E-state index in [0.29, 0.717) is 0 Å². The predicted molar refractivity (Wildman–Crippen MR) is 90.5 cm³/mol. The molecule has 2 heterocycles. The molecule has 2 aliphatic rings. The summed E-state index contributed by atoms with van der Waals surface area (Å²) in [6.07, 6.45) is 5.17. The molecule has 0 unspecified atom stereocenters. The highest BCUT2D eigenvalue weighted by atomic mass is 32.1. The fraction of sp³-hybridized carbons (Fsp3) is 0.875. The van der Waals surface area contributed by atoms with Crippen molar-refractivity contribution in [2.45, 2.75) is 51.6 Å². The van der Waals surface area contributed by atoms with Crippen LogP contribution in [0.4, 0.5) is 5.13 Å². The highest BCUT2D eigenvalue weighted by molar-refractivity contribution is 7.09. The average Bonchev–Trinajstić information content (AvgIpc) is 3.00. The van der Waals surface area contributed by atoms with E-state index in [-0.39, 0.29) is 0 Å². The third-order valence-corrected chi connectivity index (χ3v) is 5.95. The smallest absolute Gasteiger partial charge is 0.205 e. The molecule has 0 aromatic carbocycles. The second-order valence-electron chi connectivity index (χ2n) is 7.02. The van der Waals surface area contributed by atoms with E-state index in [0.717, 1.165) is 68.9 Å². The Morgan fingerprint density at radius 3 is 2.50 bits per heavy atom. The van der Waals surface area contributed by atoms with E-state index < -0.39 is 5.60 Å². The van der Waals surface area contributed by atoms with E-state index >= 15 is 0 Å². The second kappa shape index (κ2) is 6.81. The molecule has 1 aliphatic carbocycles. The first kappa shape index (κ1) is 16.1. The van der Waals surface area contributed by atoms with E-state index in [9.17, 15) is 5.11 Å². The van der Waals surface area contributed by atoms with Crippen LogP contribution < -0.4 is 4.90 Å². The standard InChI is InChI=1S/C16H28N4OS/c1-3-14-17-15(22-18-14)20-10-8-19(9-11-20)12-16(21)6-4-13(2)5-7-16/h13,21H,3-12H2,1-2H3. The summed E-state index contributed by atoms with van der Waals surface area (Å²) in [5.41, 5.74) is -0.452. The van der Waals surface area contributed by atoms with Gasteiger partial charge in [0.15, 0.2) is 0 Å². The summed E-state index contributed by atoms with van der Waals surface area (Å²) in [5.74, 6) is 1.73. The summed E-state index contributed by atoms with van der Waals surface area (Å²) in [6, 6.07) is 0. The monoisotopic (exact) mass is 324 g/mol. The molecule has 22 heavy (non-hydrogen) atoms. The van der Waals surface area contributed by atoms with Gasteiger partial charge in [0.1, 0.15) is 5.82 Å². The summed E-state index contributed by atoms with van der Waals surface area (Å²) in [4.78, 5) is 9.34. The fourth-order valence-electron chi connectivity index (χ4n) is 3.49. The van der Waals surface area contributed by atoms with Crippen molar-refractivity contribution in [2.24, 2.45) is 5.92 Å². The lowest BCUT2D eigenvalue weighted by atomic mass is 9.79. The largest absolute Gasteiger partial charge is 0.389 e. The lowest BCUT2D eigenvalue weighted by Gasteiger charge is -2.41. The van der Waals surface area contributed by atoms with Crippen LogP contribution in [0.3, 0.4) is 0 Å². The van der Waals surface area contributed by atoms with E-state index in [1.165, 1.54) is 24.4 Å². The Morgan fingerprint density at radius 2 is 1.91 bits per heavy atom. The Kier molecular flexibility index (Phi) is 5.00. The van der Waals surface area contributed by atoms with Crippen LogP contribution in [0.5, 0.6) is 0 Å². The van der Waals surface area contributed by atoms with Crippen LogP contribution in [0, 0.1) is 5.92 Å². The molecule has 1 aromatic heterocycles. The summed E-state index contributed by atoms with van der Waals surface area (Å²) >= 11 is 1.51. The van der Waals surface area contributed by atoms with Crippen molar-refractivity contribution in [3.8, 4) is 0 Å². The zero-order valence-electron chi connectivity index (χ0n) is 13.8. The number of hydrogen-bond acceptors (Lipinski definition) is 6. The highest BCUT2D eigenvalue weighted by Crippen LogP contribution is 2.32. The molecule has 1 saturated heterocycles. The number of piperazine rings is 1. The van der Waals surface area contributed by atoms with Gasteiger partial charge in [0.05, 0.1) is 5.60 Å². The van der Waals surface area contributed by atoms with Crippen molar-refractivity contribution >= 4 is 16.7 Å². The van der Waals surface area contributed by atoms with Gasteiger partial charge < -0.3 is 10.0 Å². The van der Waals surface area contributed by atoms with Gasteiger partial charge in [0.2, 0.25) is 5.13 Å². The normalized spacial score (nSPS) is 30.7. The first-order chi connectivity index (χ1) is 10.6. The van der Waals surface area contributed by atoms with Gasteiger partial charge in [-0.2, -0.15) is 4.37 Å². The molecule has 124 valence electrons. The van der Waals surface area contributed by atoms with Gasteiger partial charge in [-0.05, 0) is 31.6 Å². The van der Waals surface area contributed by atoms with E-state index in [4.69, 9.17) is 0 Å². The number of aryl methyl sites for hydroxylation is 1. The van der Waals surface area contributed by atoms with Gasteiger partial charge >= 0.3 is 0 Å². The number of nitrogens with zero attached hydrogens (tertiary/aromatic N) is 4. The van der Waals surface area contributed by atoms with Crippen molar-refractivity contribution in [2.75, 3.05) is 37.6 Å². The minimum atomic E-state index is -0.452. The van der Waals surface area contributed by atoms with Crippen LogP contribution in [-0.4, -0.2) is 57.7 Å². The minimum Gasteiger partial charge on any atom is -0.389 e. The first-order valence-electron chi connectivity index (χ1n) is 8.60. The van der Waals surface area contributed by atoms with Crippen LogP contribution in [0.2, 0.25) is 0 Å². The van der Waals surface area contributed by atoms with Gasteiger partial charge in [-0.15, -0.1) is 0 Å². The number of aromatic nitrogens is 2. The Balaban J connectivity index is 1.49. The molecule has 0 radical (unpaired) electrons. The van der Waals surface area contributed by atoms with E-state index in [1.54, 1.807) is 0 Å². The van der Waals surface area contributed by atoms with E-state index in [2.05, 4.69) is 33.0 Å². The maximum Gasteiger partial charge on any atom is 0.205 e. The molecule has 1 aliphatic heterocycles. The molecule has 3 rings (SSSR count). The maximum absolute atomic E-state index is 10.8. The lowest BCUT2D eigenvalue weighted by Crippen LogP contribution is -2.52. The molecule has 1 saturated carbocycles. The lowest BCUT2D eigenvalue weighted by molar-refractivity contribution is -0.0358. The quantitative estimate of drug-likeness (QED) is 0.920. The molecule has 0 bridgehead atoms. The van der Waals surface area contributed by atoms with Crippen molar-refractivity contribution in [1.29, 1.82) is 0 Å². The van der Waals surface area contributed by atoms with Crippen molar-refractivity contribution in [3.05, 3.63) is 5.82 Å². The fourth-order valence-corrected chi connectivity index (χ4v) is 4.29. The van der Waals surface area contributed by atoms with Gasteiger partial charge in [-0.1, -0.05) is 13.8 Å². The predicted octanol–water partition coefficient (Wildman–Crippen LogP) is 2.16. The molecule has 0 spiro atoms. The molecule has 1 aromatic rings. The van der Waals surface area contributed by atoms with Crippen LogP contribution in [0.25, 0.3) is 0 Å². The summed E-state index contributed by atoms with van der Waals surface area (Å²) in [5, 5.41) is 11.8. The molecule has 0 amide bonds. The van der Waals surface area contributed by atoms with Crippen LogP contribution in [-0.2, 0) is 6.42 Å². The maximum atomic E-state index is 10.8. The molecule has 0 atom stereocenters.